The van der Waals surface area contributed by atoms with Gasteiger partial charge >= 0.3 is 5.97 Å². The molecular weight excluding hydrogens is 226 g/mol. The number of hydrogen-bond donors (Lipinski definition) is 1. The van der Waals surface area contributed by atoms with Gasteiger partial charge < -0.3 is 9.67 Å². The molecule has 1 atom stereocenters. The maximum Gasteiger partial charge on any atom is 0.310 e. The Morgan fingerprint density at radius 3 is 2.81 bits per heavy atom. The predicted molar refractivity (Wildman–Crippen MR) is 64.0 cm³/mol. The second-order valence-electron chi connectivity index (χ2n) is 3.89. The number of carbonyl (C=O) groups is 1. The lowest BCUT2D eigenvalue weighted by molar-refractivity contribution is -0.138. The summed E-state index contributed by atoms with van der Waals surface area (Å²) in [5.74, 6) is -1.39. The summed E-state index contributed by atoms with van der Waals surface area (Å²) >= 11 is 6.12. The van der Waals surface area contributed by atoms with Crippen LogP contribution in [0.15, 0.2) is 24.4 Å². The van der Waals surface area contributed by atoms with Gasteiger partial charge in [-0.2, -0.15) is 0 Å². The highest BCUT2D eigenvalue weighted by molar-refractivity contribution is 6.36. The lowest BCUT2D eigenvalue weighted by Gasteiger charge is -2.08. The third-order valence-electron chi connectivity index (χ3n) is 2.84. The highest BCUT2D eigenvalue weighted by Gasteiger charge is 2.19. The Morgan fingerprint density at radius 1 is 1.50 bits per heavy atom. The Hall–Kier alpha value is -1.48. The van der Waals surface area contributed by atoms with Crippen molar-refractivity contribution in [3.63, 3.8) is 0 Å². The van der Waals surface area contributed by atoms with E-state index in [1.165, 1.54) is 0 Å². The molecule has 1 N–H and O–H groups in total. The first-order valence-corrected chi connectivity index (χ1v) is 5.36. The molecular formula is C12H12ClNO2. The molecule has 0 aliphatic carbocycles. The molecule has 0 aliphatic heterocycles. The fourth-order valence-electron chi connectivity index (χ4n) is 1.91. The molecule has 0 radical (unpaired) electrons. The standard InChI is InChI=1S/C12H12ClNO2/c1-7(12(15)16)8-4-3-5-10-11(8)9(13)6-14(10)2/h3-7H,1-2H3,(H,15,16). The number of nitrogens with zero attached hydrogens (tertiary/aromatic N) is 1. The van der Waals surface area contributed by atoms with E-state index in [1.54, 1.807) is 13.1 Å². The van der Waals surface area contributed by atoms with Crippen LogP contribution in [0.2, 0.25) is 5.02 Å². The average Bonchev–Trinajstić information content (AvgIpc) is 2.54. The summed E-state index contributed by atoms with van der Waals surface area (Å²) in [6.07, 6.45) is 1.80. The summed E-state index contributed by atoms with van der Waals surface area (Å²) < 4.78 is 1.90. The van der Waals surface area contributed by atoms with Crippen LogP contribution >= 0.6 is 11.6 Å². The third kappa shape index (κ3) is 1.57. The molecule has 0 saturated heterocycles. The third-order valence-corrected chi connectivity index (χ3v) is 3.12. The van der Waals surface area contributed by atoms with Gasteiger partial charge in [-0.15, -0.1) is 0 Å². The molecule has 1 aromatic carbocycles. The van der Waals surface area contributed by atoms with E-state index in [9.17, 15) is 4.79 Å². The molecule has 0 amide bonds. The SMILES string of the molecule is CC(C(=O)O)c1cccc2c1c(Cl)cn2C. The zero-order valence-electron chi connectivity index (χ0n) is 9.07. The van der Waals surface area contributed by atoms with E-state index in [-0.39, 0.29) is 0 Å². The minimum atomic E-state index is -0.840. The summed E-state index contributed by atoms with van der Waals surface area (Å²) in [7, 11) is 1.89. The summed E-state index contributed by atoms with van der Waals surface area (Å²) in [6, 6.07) is 5.60. The van der Waals surface area contributed by atoms with Crippen LogP contribution in [0.1, 0.15) is 18.4 Å². The van der Waals surface area contributed by atoms with Crippen LogP contribution in [0.3, 0.4) is 0 Å². The second-order valence-corrected chi connectivity index (χ2v) is 4.30. The monoisotopic (exact) mass is 237 g/mol. The summed E-state index contributed by atoms with van der Waals surface area (Å²) in [5.41, 5.74) is 1.71. The molecule has 0 fully saturated rings. The Bertz CT molecular complexity index is 559. The van der Waals surface area contributed by atoms with Crippen molar-refractivity contribution < 1.29 is 9.90 Å². The van der Waals surface area contributed by atoms with Gasteiger partial charge in [-0.05, 0) is 18.6 Å². The number of carboxylic acids is 1. The van der Waals surface area contributed by atoms with Gasteiger partial charge in [-0.1, -0.05) is 23.7 Å². The first kappa shape index (κ1) is 11.0. The Balaban J connectivity index is 2.75. The van der Waals surface area contributed by atoms with Crippen molar-refractivity contribution in [2.45, 2.75) is 12.8 Å². The van der Waals surface area contributed by atoms with Crippen LogP contribution in [0.4, 0.5) is 0 Å². The van der Waals surface area contributed by atoms with Crippen molar-refractivity contribution in [3.05, 3.63) is 35.0 Å². The van der Waals surface area contributed by atoms with Crippen LogP contribution in [0.25, 0.3) is 10.9 Å². The van der Waals surface area contributed by atoms with E-state index in [0.717, 1.165) is 16.5 Å². The Kier molecular flexibility index (Phi) is 2.64. The number of carboxylic acid groups (broad SMARTS) is 1. The van der Waals surface area contributed by atoms with Crippen molar-refractivity contribution in [1.82, 2.24) is 4.57 Å². The number of aryl methyl sites for hydroxylation is 1. The molecule has 1 aromatic heterocycles. The quantitative estimate of drug-likeness (QED) is 0.873. The number of rotatable bonds is 2. The molecule has 2 rings (SSSR count). The van der Waals surface area contributed by atoms with Crippen molar-refractivity contribution in [1.29, 1.82) is 0 Å². The number of aliphatic carboxylic acids is 1. The fraction of sp³-hybridized carbons (Fsp3) is 0.250. The van der Waals surface area contributed by atoms with Gasteiger partial charge in [0.2, 0.25) is 0 Å². The van der Waals surface area contributed by atoms with Gasteiger partial charge in [0.15, 0.2) is 0 Å². The van der Waals surface area contributed by atoms with E-state index in [0.29, 0.717) is 5.02 Å². The molecule has 3 nitrogen and oxygen atoms in total. The number of benzene rings is 1. The van der Waals surface area contributed by atoms with Crippen molar-refractivity contribution in [3.8, 4) is 0 Å². The molecule has 0 bridgehead atoms. The predicted octanol–water partition coefficient (Wildman–Crippen LogP) is 3.02. The van der Waals surface area contributed by atoms with Gasteiger partial charge in [0.1, 0.15) is 0 Å². The van der Waals surface area contributed by atoms with Crippen molar-refractivity contribution in [2.75, 3.05) is 0 Å². The highest BCUT2D eigenvalue weighted by atomic mass is 35.5. The highest BCUT2D eigenvalue weighted by Crippen LogP contribution is 2.32. The fourth-order valence-corrected chi connectivity index (χ4v) is 2.26. The molecule has 16 heavy (non-hydrogen) atoms. The molecule has 0 spiro atoms. The number of hydrogen-bond acceptors (Lipinski definition) is 1. The molecule has 84 valence electrons. The van der Waals surface area contributed by atoms with Crippen LogP contribution in [-0.4, -0.2) is 15.6 Å². The molecule has 1 unspecified atom stereocenters. The van der Waals surface area contributed by atoms with Crippen molar-refractivity contribution in [2.24, 2.45) is 7.05 Å². The zero-order chi connectivity index (χ0) is 11.9. The maximum atomic E-state index is 11.0. The van der Waals surface area contributed by atoms with Gasteiger partial charge in [0.25, 0.3) is 0 Å². The van der Waals surface area contributed by atoms with E-state index >= 15 is 0 Å². The van der Waals surface area contributed by atoms with Crippen LogP contribution in [0.5, 0.6) is 0 Å². The van der Waals surface area contributed by atoms with E-state index in [1.807, 2.05) is 29.8 Å². The normalized spacial score (nSPS) is 12.9. The molecule has 2 aromatic rings. The first-order valence-electron chi connectivity index (χ1n) is 4.98. The van der Waals surface area contributed by atoms with Crippen LogP contribution in [0, 0.1) is 0 Å². The van der Waals surface area contributed by atoms with E-state index in [2.05, 4.69) is 0 Å². The first-order chi connectivity index (χ1) is 7.52. The summed E-state index contributed by atoms with van der Waals surface area (Å²) in [4.78, 5) is 11.0. The summed E-state index contributed by atoms with van der Waals surface area (Å²) in [6.45, 7) is 1.67. The van der Waals surface area contributed by atoms with Crippen molar-refractivity contribution >= 4 is 28.5 Å². The average molecular weight is 238 g/mol. The van der Waals surface area contributed by atoms with E-state index < -0.39 is 11.9 Å². The number of fused-ring (bicyclic) bond motifs is 1. The lowest BCUT2D eigenvalue weighted by Crippen LogP contribution is -2.07. The smallest absolute Gasteiger partial charge is 0.310 e. The van der Waals surface area contributed by atoms with Gasteiger partial charge in [0, 0.05) is 24.1 Å². The van der Waals surface area contributed by atoms with Crippen LogP contribution < -0.4 is 0 Å². The number of aromatic nitrogens is 1. The molecule has 1 heterocycles. The summed E-state index contributed by atoms with van der Waals surface area (Å²) in [5, 5.41) is 10.5. The van der Waals surface area contributed by atoms with Gasteiger partial charge in [-0.25, -0.2) is 0 Å². The molecule has 0 saturated carbocycles. The number of halogens is 1. The molecule has 4 heteroatoms. The minimum absolute atomic E-state index is 0.552. The van der Waals surface area contributed by atoms with E-state index in [4.69, 9.17) is 16.7 Å². The topological polar surface area (TPSA) is 42.2 Å². The Labute approximate surface area is 98.3 Å². The zero-order valence-corrected chi connectivity index (χ0v) is 9.82. The lowest BCUT2D eigenvalue weighted by atomic mass is 9.98. The van der Waals surface area contributed by atoms with Gasteiger partial charge in [0.05, 0.1) is 10.9 Å². The van der Waals surface area contributed by atoms with Crippen LogP contribution in [-0.2, 0) is 11.8 Å². The minimum Gasteiger partial charge on any atom is -0.481 e. The molecule has 0 aliphatic rings. The Morgan fingerprint density at radius 2 is 2.19 bits per heavy atom. The maximum absolute atomic E-state index is 11.0. The second kappa shape index (κ2) is 3.83. The largest absolute Gasteiger partial charge is 0.481 e. The van der Waals surface area contributed by atoms with Gasteiger partial charge in [-0.3, -0.25) is 4.79 Å².